The van der Waals surface area contributed by atoms with Crippen molar-refractivity contribution in [2.75, 3.05) is 39.8 Å². The molecule has 0 spiro atoms. The van der Waals surface area contributed by atoms with Gasteiger partial charge in [-0.15, -0.1) is 0 Å². The number of carbonyl (C=O) groups is 2. The first kappa shape index (κ1) is 13.1. The fourth-order valence-electron chi connectivity index (χ4n) is 2.26. The van der Waals surface area contributed by atoms with Crippen molar-refractivity contribution in [3.05, 3.63) is 0 Å². The van der Waals surface area contributed by atoms with Crippen molar-refractivity contribution in [3.8, 4) is 0 Å². The third-order valence-corrected chi connectivity index (χ3v) is 3.68. The minimum atomic E-state index is -0.762. The molecule has 2 rings (SSSR count). The van der Waals surface area contributed by atoms with Crippen LogP contribution in [0.5, 0.6) is 0 Å². The first-order chi connectivity index (χ1) is 8.58. The molecule has 0 unspecified atom stereocenters. The van der Waals surface area contributed by atoms with E-state index in [1.807, 2.05) is 16.8 Å². The molecule has 2 amide bonds. The number of piperazine rings is 1. The second-order valence-electron chi connectivity index (χ2n) is 5.10. The van der Waals surface area contributed by atoms with Gasteiger partial charge < -0.3 is 14.9 Å². The van der Waals surface area contributed by atoms with E-state index in [1.54, 1.807) is 0 Å². The number of rotatable bonds is 4. The van der Waals surface area contributed by atoms with Gasteiger partial charge in [0.1, 0.15) is 0 Å². The Labute approximate surface area is 107 Å². The molecular formula is C12H21N3O3. The molecule has 0 aromatic heterocycles. The SMILES string of the molecule is CN(C(=O)N1CCN(CCC(=O)O)CC1)C1CC1. The van der Waals surface area contributed by atoms with Gasteiger partial charge in [0.05, 0.1) is 6.42 Å². The number of amides is 2. The van der Waals surface area contributed by atoms with E-state index in [1.165, 1.54) is 0 Å². The molecule has 1 N–H and O–H groups in total. The summed E-state index contributed by atoms with van der Waals surface area (Å²) in [6, 6.07) is 0.568. The summed E-state index contributed by atoms with van der Waals surface area (Å²) in [5.41, 5.74) is 0. The molecule has 102 valence electrons. The Morgan fingerprint density at radius 2 is 1.83 bits per heavy atom. The van der Waals surface area contributed by atoms with Crippen molar-refractivity contribution in [2.45, 2.75) is 25.3 Å². The van der Waals surface area contributed by atoms with Crippen LogP contribution in [0.2, 0.25) is 0 Å². The largest absolute Gasteiger partial charge is 0.481 e. The van der Waals surface area contributed by atoms with Gasteiger partial charge in [-0.3, -0.25) is 9.69 Å². The molecule has 0 radical (unpaired) electrons. The average Bonchev–Trinajstić information content (AvgIpc) is 3.19. The predicted molar refractivity (Wildman–Crippen MR) is 66.4 cm³/mol. The number of hydrogen-bond donors (Lipinski definition) is 1. The van der Waals surface area contributed by atoms with Gasteiger partial charge in [0.25, 0.3) is 0 Å². The van der Waals surface area contributed by atoms with E-state index in [2.05, 4.69) is 4.90 Å². The van der Waals surface area contributed by atoms with Gasteiger partial charge in [-0.25, -0.2) is 4.79 Å². The lowest BCUT2D eigenvalue weighted by atomic mass is 10.3. The van der Waals surface area contributed by atoms with Gasteiger partial charge >= 0.3 is 12.0 Å². The number of nitrogens with zero attached hydrogens (tertiary/aromatic N) is 3. The Kier molecular flexibility index (Phi) is 4.06. The monoisotopic (exact) mass is 255 g/mol. The van der Waals surface area contributed by atoms with Crippen molar-refractivity contribution in [2.24, 2.45) is 0 Å². The first-order valence-electron chi connectivity index (χ1n) is 6.54. The van der Waals surface area contributed by atoms with E-state index in [4.69, 9.17) is 5.11 Å². The normalized spacial score (nSPS) is 20.8. The van der Waals surface area contributed by atoms with Gasteiger partial charge in [-0.1, -0.05) is 0 Å². The van der Waals surface area contributed by atoms with Crippen molar-refractivity contribution in [3.63, 3.8) is 0 Å². The summed E-state index contributed by atoms with van der Waals surface area (Å²) in [5, 5.41) is 8.63. The Bertz CT molecular complexity index is 323. The highest BCUT2D eigenvalue weighted by molar-refractivity contribution is 5.75. The van der Waals surface area contributed by atoms with Crippen LogP contribution in [0, 0.1) is 0 Å². The molecule has 1 saturated heterocycles. The molecule has 18 heavy (non-hydrogen) atoms. The third-order valence-electron chi connectivity index (χ3n) is 3.68. The Morgan fingerprint density at radius 1 is 1.22 bits per heavy atom. The zero-order valence-corrected chi connectivity index (χ0v) is 10.8. The topological polar surface area (TPSA) is 64.1 Å². The number of hydrogen-bond acceptors (Lipinski definition) is 3. The fraction of sp³-hybridized carbons (Fsp3) is 0.833. The summed E-state index contributed by atoms with van der Waals surface area (Å²) in [6.45, 7) is 3.54. The average molecular weight is 255 g/mol. The minimum Gasteiger partial charge on any atom is -0.481 e. The maximum atomic E-state index is 12.1. The quantitative estimate of drug-likeness (QED) is 0.784. The maximum Gasteiger partial charge on any atom is 0.320 e. The molecule has 0 atom stereocenters. The number of urea groups is 1. The Hall–Kier alpha value is -1.30. The van der Waals surface area contributed by atoms with E-state index in [-0.39, 0.29) is 12.5 Å². The Morgan fingerprint density at radius 3 is 2.33 bits per heavy atom. The number of carbonyl (C=O) groups excluding carboxylic acids is 1. The standard InChI is InChI=1S/C12H21N3O3/c1-13(10-2-3-10)12(18)15-8-6-14(7-9-15)5-4-11(16)17/h10H,2-9H2,1H3,(H,16,17). The fourth-order valence-corrected chi connectivity index (χ4v) is 2.26. The number of carboxylic acids is 1. The van der Waals surface area contributed by atoms with Crippen LogP contribution in [-0.4, -0.2) is 77.6 Å². The highest BCUT2D eigenvalue weighted by Crippen LogP contribution is 2.26. The highest BCUT2D eigenvalue weighted by atomic mass is 16.4. The van der Waals surface area contributed by atoms with Crippen LogP contribution in [-0.2, 0) is 4.79 Å². The van der Waals surface area contributed by atoms with Gasteiger partial charge in [0.15, 0.2) is 0 Å². The van der Waals surface area contributed by atoms with Gasteiger partial charge in [0.2, 0.25) is 0 Å². The third kappa shape index (κ3) is 3.35. The van der Waals surface area contributed by atoms with Gasteiger partial charge in [-0.2, -0.15) is 0 Å². The van der Waals surface area contributed by atoms with Crippen LogP contribution in [0.15, 0.2) is 0 Å². The van der Waals surface area contributed by atoms with E-state index in [0.717, 1.165) is 25.9 Å². The highest BCUT2D eigenvalue weighted by Gasteiger charge is 2.33. The zero-order valence-electron chi connectivity index (χ0n) is 10.8. The molecule has 1 aliphatic carbocycles. The van der Waals surface area contributed by atoms with Crippen LogP contribution in [0.3, 0.4) is 0 Å². The van der Waals surface area contributed by atoms with Crippen molar-refractivity contribution >= 4 is 12.0 Å². The smallest absolute Gasteiger partial charge is 0.320 e. The lowest BCUT2D eigenvalue weighted by Crippen LogP contribution is -2.52. The van der Waals surface area contributed by atoms with E-state index in [9.17, 15) is 9.59 Å². The summed E-state index contributed by atoms with van der Waals surface area (Å²) in [6.07, 6.45) is 2.43. The summed E-state index contributed by atoms with van der Waals surface area (Å²) in [7, 11) is 1.87. The molecule has 2 fully saturated rings. The van der Waals surface area contributed by atoms with Crippen LogP contribution >= 0.6 is 0 Å². The lowest BCUT2D eigenvalue weighted by molar-refractivity contribution is -0.137. The first-order valence-corrected chi connectivity index (χ1v) is 6.54. The van der Waals surface area contributed by atoms with Crippen LogP contribution < -0.4 is 0 Å². The Balaban J connectivity index is 1.72. The van der Waals surface area contributed by atoms with Gasteiger partial charge in [-0.05, 0) is 12.8 Å². The van der Waals surface area contributed by atoms with E-state index >= 15 is 0 Å². The second-order valence-corrected chi connectivity index (χ2v) is 5.10. The number of aliphatic carboxylic acids is 1. The molecular weight excluding hydrogens is 234 g/mol. The molecule has 2 aliphatic rings. The molecule has 6 nitrogen and oxygen atoms in total. The van der Waals surface area contributed by atoms with E-state index in [0.29, 0.717) is 25.7 Å². The van der Waals surface area contributed by atoms with Crippen molar-refractivity contribution < 1.29 is 14.7 Å². The maximum absolute atomic E-state index is 12.1. The summed E-state index contributed by atoms with van der Waals surface area (Å²) in [5.74, 6) is -0.762. The molecule has 1 heterocycles. The molecule has 1 saturated carbocycles. The molecule has 0 bridgehead atoms. The molecule has 6 heteroatoms. The summed E-state index contributed by atoms with van der Waals surface area (Å²) < 4.78 is 0. The molecule has 0 aromatic rings. The summed E-state index contributed by atoms with van der Waals surface area (Å²) >= 11 is 0. The minimum absolute atomic E-state index is 0.121. The van der Waals surface area contributed by atoms with Crippen molar-refractivity contribution in [1.29, 1.82) is 0 Å². The predicted octanol–water partition coefficient (Wildman–Crippen LogP) is 0.293. The van der Waals surface area contributed by atoms with Crippen LogP contribution in [0.25, 0.3) is 0 Å². The van der Waals surface area contributed by atoms with Crippen LogP contribution in [0.4, 0.5) is 4.79 Å². The number of carboxylic acid groups (broad SMARTS) is 1. The van der Waals surface area contributed by atoms with Gasteiger partial charge in [0, 0.05) is 45.8 Å². The summed E-state index contributed by atoms with van der Waals surface area (Å²) in [4.78, 5) is 28.4. The van der Waals surface area contributed by atoms with Crippen LogP contribution in [0.1, 0.15) is 19.3 Å². The molecule has 1 aliphatic heterocycles. The van der Waals surface area contributed by atoms with E-state index < -0.39 is 5.97 Å². The lowest BCUT2D eigenvalue weighted by Gasteiger charge is -2.36. The van der Waals surface area contributed by atoms with Crippen molar-refractivity contribution in [1.82, 2.24) is 14.7 Å². The molecule has 0 aromatic carbocycles. The second kappa shape index (κ2) is 5.56. The zero-order chi connectivity index (χ0) is 13.1.